The van der Waals surface area contributed by atoms with Crippen LogP contribution in [0.4, 0.5) is 5.82 Å². The molecule has 0 aromatic carbocycles. The molecule has 20 heavy (non-hydrogen) atoms. The number of nitrogens with zero attached hydrogens (tertiary/aromatic N) is 3. The fraction of sp³-hybridized carbons (Fsp3) is 0.400. The van der Waals surface area contributed by atoms with Crippen molar-refractivity contribution in [3.05, 3.63) is 24.4 Å². The number of rotatable bonds is 5. The molecule has 0 spiro atoms. The van der Waals surface area contributed by atoms with Crippen molar-refractivity contribution in [3.63, 3.8) is 0 Å². The number of pyridine rings is 1. The van der Waals surface area contributed by atoms with E-state index in [-0.39, 0.29) is 11.8 Å². The summed E-state index contributed by atoms with van der Waals surface area (Å²) in [7, 11) is 0. The van der Waals surface area contributed by atoms with Crippen LogP contribution >= 0.6 is 0 Å². The van der Waals surface area contributed by atoms with Crippen LogP contribution in [0.3, 0.4) is 0 Å². The molecule has 1 saturated carbocycles. The molecule has 2 heterocycles. The molecule has 5 heteroatoms. The van der Waals surface area contributed by atoms with Gasteiger partial charge in [-0.3, -0.25) is 4.79 Å². The molecular weight excluding hydrogens is 252 g/mol. The molecule has 1 amide bonds. The first-order chi connectivity index (χ1) is 9.78. The Bertz CT molecular complexity index is 679. The molecule has 3 rings (SSSR count). The largest absolute Gasteiger partial charge is 0.332 e. The van der Waals surface area contributed by atoms with Crippen LogP contribution in [-0.2, 0) is 11.3 Å². The number of aromatic nitrogens is 2. The number of unbranched alkanes of at least 4 members (excludes halogenated alkanes) is 1. The van der Waals surface area contributed by atoms with Crippen molar-refractivity contribution in [3.8, 4) is 6.07 Å². The van der Waals surface area contributed by atoms with Crippen LogP contribution in [0.25, 0.3) is 11.0 Å². The van der Waals surface area contributed by atoms with Crippen LogP contribution < -0.4 is 5.32 Å². The molecule has 0 atom stereocenters. The van der Waals surface area contributed by atoms with Crippen molar-refractivity contribution in [1.82, 2.24) is 9.55 Å². The zero-order valence-electron chi connectivity index (χ0n) is 11.2. The van der Waals surface area contributed by atoms with Crippen LogP contribution in [-0.4, -0.2) is 15.5 Å². The third-order valence-corrected chi connectivity index (χ3v) is 3.50. The maximum absolute atomic E-state index is 11.8. The van der Waals surface area contributed by atoms with Crippen molar-refractivity contribution in [2.24, 2.45) is 5.92 Å². The van der Waals surface area contributed by atoms with Crippen LogP contribution in [0.1, 0.15) is 25.7 Å². The molecule has 1 fully saturated rings. The lowest BCUT2D eigenvalue weighted by Crippen LogP contribution is -2.14. The van der Waals surface area contributed by atoms with Crippen LogP contribution in [0.5, 0.6) is 0 Å². The number of hydrogen-bond donors (Lipinski definition) is 1. The van der Waals surface area contributed by atoms with Crippen molar-refractivity contribution in [2.75, 3.05) is 5.32 Å². The maximum atomic E-state index is 11.8. The number of fused-ring (bicyclic) bond motifs is 1. The minimum Gasteiger partial charge on any atom is -0.332 e. The van der Waals surface area contributed by atoms with E-state index in [2.05, 4.69) is 16.4 Å². The Kier molecular flexibility index (Phi) is 3.38. The lowest BCUT2D eigenvalue weighted by Gasteiger charge is -2.06. The number of carbonyl (C=O) groups excluding carboxylic acids is 1. The third kappa shape index (κ3) is 2.64. The van der Waals surface area contributed by atoms with E-state index < -0.39 is 0 Å². The minimum absolute atomic E-state index is 0.0689. The number of hydrogen-bond acceptors (Lipinski definition) is 3. The quantitative estimate of drug-likeness (QED) is 0.847. The first-order valence-corrected chi connectivity index (χ1v) is 6.91. The number of nitriles is 1. The summed E-state index contributed by atoms with van der Waals surface area (Å²) in [4.78, 5) is 16.3. The van der Waals surface area contributed by atoms with E-state index in [1.54, 1.807) is 0 Å². The van der Waals surface area contributed by atoms with E-state index >= 15 is 0 Å². The normalized spacial score (nSPS) is 14.2. The average Bonchev–Trinajstić information content (AvgIpc) is 3.23. The van der Waals surface area contributed by atoms with Gasteiger partial charge in [-0.2, -0.15) is 5.26 Å². The standard InChI is InChI=1S/C15H16N4O/c16-8-1-2-9-19-10-7-11-5-6-13(17-14(11)19)18-15(20)12-3-4-12/h5-7,10,12H,1-4,9H2,(H,17,18,20). The number of nitrogens with one attached hydrogen (secondary N) is 1. The van der Waals surface area contributed by atoms with Gasteiger partial charge >= 0.3 is 0 Å². The first kappa shape index (κ1) is 12.7. The molecule has 2 aromatic rings. The molecule has 0 aliphatic heterocycles. The van der Waals surface area contributed by atoms with E-state index in [1.807, 2.05) is 29.0 Å². The van der Waals surface area contributed by atoms with Gasteiger partial charge in [0.1, 0.15) is 11.5 Å². The summed E-state index contributed by atoms with van der Waals surface area (Å²) in [5, 5.41) is 12.5. The van der Waals surface area contributed by atoms with Crippen molar-refractivity contribution >= 4 is 22.8 Å². The lowest BCUT2D eigenvalue weighted by atomic mass is 10.3. The second-order valence-electron chi connectivity index (χ2n) is 5.14. The highest BCUT2D eigenvalue weighted by molar-refractivity contribution is 5.94. The summed E-state index contributed by atoms with van der Waals surface area (Å²) >= 11 is 0. The van der Waals surface area contributed by atoms with Crippen LogP contribution in [0, 0.1) is 17.2 Å². The van der Waals surface area contributed by atoms with Crippen molar-refractivity contribution in [1.29, 1.82) is 5.26 Å². The zero-order valence-corrected chi connectivity index (χ0v) is 11.2. The highest BCUT2D eigenvalue weighted by Crippen LogP contribution is 2.30. The van der Waals surface area contributed by atoms with Gasteiger partial charge in [0.2, 0.25) is 5.91 Å². The smallest absolute Gasteiger partial charge is 0.228 e. The SMILES string of the molecule is N#CCCCn1ccc2ccc(NC(=O)C3CC3)nc21. The summed E-state index contributed by atoms with van der Waals surface area (Å²) < 4.78 is 2.03. The second-order valence-corrected chi connectivity index (χ2v) is 5.14. The van der Waals surface area contributed by atoms with E-state index in [1.165, 1.54) is 0 Å². The fourth-order valence-electron chi connectivity index (χ4n) is 2.21. The average molecular weight is 268 g/mol. The predicted octanol–water partition coefficient (Wildman–Crippen LogP) is 2.69. The minimum atomic E-state index is 0.0689. The van der Waals surface area contributed by atoms with E-state index in [4.69, 9.17) is 5.26 Å². The predicted molar refractivity (Wildman–Crippen MR) is 75.9 cm³/mol. The number of amides is 1. The van der Waals surface area contributed by atoms with Crippen LogP contribution in [0.15, 0.2) is 24.4 Å². The van der Waals surface area contributed by atoms with Gasteiger partial charge in [-0.15, -0.1) is 0 Å². The summed E-state index contributed by atoms with van der Waals surface area (Å²) in [6.07, 6.45) is 5.29. The number of carbonyl (C=O) groups is 1. The lowest BCUT2D eigenvalue weighted by molar-refractivity contribution is -0.117. The van der Waals surface area contributed by atoms with Crippen molar-refractivity contribution < 1.29 is 4.79 Å². The monoisotopic (exact) mass is 268 g/mol. The molecule has 102 valence electrons. The number of anilines is 1. The molecule has 1 aliphatic carbocycles. The first-order valence-electron chi connectivity index (χ1n) is 6.91. The molecule has 0 unspecified atom stereocenters. The third-order valence-electron chi connectivity index (χ3n) is 3.50. The van der Waals surface area contributed by atoms with E-state index in [0.29, 0.717) is 12.2 Å². The molecule has 0 radical (unpaired) electrons. The van der Waals surface area contributed by atoms with Gasteiger partial charge in [0.05, 0.1) is 6.07 Å². The zero-order chi connectivity index (χ0) is 13.9. The highest BCUT2D eigenvalue weighted by Gasteiger charge is 2.29. The van der Waals surface area contributed by atoms with Gasteiger partial charge in [-0.25, -0.2) is 4.98 Å². The summed E-state index contributed by atoms with van der Waals surface area (Å²) in [6.45, 7) is 0.768. The molecule has 0 saturated heterocycles. The van der Waals surface area contributed by atoms with Crippen LogP contribution in [0.2, 0.25) is 0 Å². The topological polar surface area (TPSA) is 70.7 Å². The fourth-order valence-corrected chi connectivity index (χ4v) is 2.21. The Balaban J connectivity index is 1.79. The molecule has 1 N–H and O–H groups in total. The molecule has 5 nitrogen and oxygen atoms in total. The summed E-state index contributed by atoms with van der Waals surface area (Å²) in [6, 6.07) is 7.94. The second kappa shape index (κ2) is 5.33. The van der Waals surface area contributed by atoms with Gasteiger partial charge in [-0.1, -0.05) is 0 Å². The highest BCUT2D eigenvalue weighted by atomic mass is 16.2. The Morgan fingerprint density at radius 2 is 2.30 bits per heavy atom. The Hall–Kier alpha value is -2.35. The van der Waals surface area contributed by atoms with Gasteiger partial charge in [-0.05, 0) is 37.5 Å². The van der Waals surface area contributed by atoms with Crippen molar-refractivity contribution in [2.45, 2.75) is 32.2 Å². The molecule has 1 aliphatic rings. The van der Waals surface area contributed by atoms with E-state index in [0.717, 1.165) is 36.8 Å². The molecule has 0 bridgehead atoms. The van der Waals surface area contributed by atoms with Gasteiger partial charge in [0, 0.05) is 30.5 Å². The van der Waals surface area contributed by atoms with Gasteiger partial charge in [0.25, 0.3) is 0 Å². The Morgan fingerprint density at radius 3 is 3.05 bits per heavy atom. The summed E-state index contributed by atoms with van der Waals surface area (Å²) in [5.41, 5.74) is 0.858. The van der Waals surface area contributed by atoms with E-state index in [9.17, 15) is 4.79 Å². The maximum Gasteiger partial charge on any atom is 0.228 e. The molecular formula is C15H16N4O. The number of aryl methyl sites for hydroxylation is 1. The Labute approximate surface area is 117 Å². The molecule has 2 aromatic heterocycles. The Morgan fingerprint density at radius 1 is 1.45 bits per heavy atom. The summed E-state index contributed by atoms with van der Waals surface area (Å²) in [5.74, 6) is 0.851. The van der Waals surface area contributed by atoms with Gasteiger partial charge in [0.15, 0.2) is 0 Å². The van der Waals surface area contributed by atoms with Gasteiger partial charge < -0.3 is 9.88 Å².